The molecule has 156 valence electrons. The van der Waals surface area contributed by atoms with Crippen LogP contribution in [0.3, 0.4) is 0 Å². The van der Waals surface area contributed by atoms with Gasteiger partial charge in [-0.2, -0.15) is 0 Å². The van der Waals surface area contributed by atoms with E-state index in [1.54, 1.807) is 6.07 Å². The quantitative estimate of drug-likeness (QED) is 0.741. The molecule has 30 heavy (non-hydrogen) atoms. The van der Waals surface area contributed by atoms with Crippen molar-refractivity contribution in [3.8, 4) is 11.5 Å². The molecule has 1 saturated heterocycles. The summed E-state index contributed by atoms with van der Waals surface area (Å²) in [7, 11) is 2.16. The van der Waals surface area contributed by atoms with Crippen LogP contribution in [0.4, 0.5) is 0 Å². The van der Waals surface area contributed by atoms with Crippen molar-refractivity contribution < 1.29 is 19.4 Å². The first-order valence-electron chi connectivity index (χ1n) is 10.6. The Bertz CT molecular complexity index is 1050. The van der Waals surface area contributed by atoms with Gasteiger partial charge in [-0.3, -0.25) is 4.79 Å². The number of ketones is 1. The number of Topliss-reactive ketones (excluding diaryl/α,β-unsaturated/α-hetero) is 1. The van der Waals surface area contributed by atoms with E-state index < -0.39 is 17.1 Å². The van der Waals surface area contributed by atoms with Crippen molar-refractivity contribution in [1.29, 1.82) is 0 Å². The second-order valence-corrected chi connectivity index (χ2v) is 10.1. The standard InChI is InChI=1S/C24H24BrNO4/c1-26-11-10-23-20-15-4-7-17(27)21(20)30-22(23)18(28)8-9-24(23,19(26)12-15)29-13-14-2-5-16(25)6-3-14/h2-7,19,22,27H,8-13H2,1H3/t19?,22-,23-,24+/m0/s1. The van der Waals surface area contributed by atoms with Crippen LogP contribution in [-0.2, 0) is 28.0 Å². The number of phenolic OH excluding ortho intramolecular Hbond substituents is 1. The van der Waals surface area contributed by atoms with E-state index in [0.717, 1.165) is 35.0 Å². The van der Waals surface area contributed by atoms with Crippen LogP contribution in [0, 0.1) is 0 Å². The summed E-state index contributed by atoms with van der Waals surface area (Å²) in [6.45, 7) is 1.37. The fourth-order valence-electron chi connectivity index (χ4n) is 6.59. The summed E-state index contributed by atoms with van der Waals surface area (Å²) in [5, 5.41) is 10.6. The Balaban J connectivity index is 1.52. The predicted molar refractivity (Wildman–Crippen MR) is 115 cm³/mol. The molecule has 2 aliphatic heterocycles. The smallest absolute Gasteiger partial charge is 0.174 e. The number of halogens is 1. The van der Waals surface area contributed by atoms with Gasteiger partial charge in [-0.1, -0.05) is 34.1 Å². The number of likely N-dealkylation sites (N-methyl/N-ethyl adjacent to an activating group) is 1. The van der Waals surface area contributed by atoms with E-state index in [-0.39, 0.29) is 17.6 Å². The summed E-state index contributed by atoms with van der Waals surface area (Å²) in [4.78, 5) is 15.5. The second-order valence-electron chi connectivity index (χ2n) is 9.14. The summed E-state index contributed by atoms with van der Waals surface area (Å²) in [6, 6.07) is 12.1. The fourth-order valence-corrected chi connectivity index (χ4v) is 6.86. The number of benzene rings is 2. The molecule has 2 aliphatic carbocycles. The lowest BCUT2D eigenvalue weighted by Crippen LogP contribution is -2.76. The van der Waals surface area contributed by atoms with Crippen molar-refractivity contribution in [3.05, 3.63) is 57.6 Å². The molecule has 4 aliphatic rings. The Kier molecular flexibility index (Phi) is 3.97. The molecule has 0 amide bonds. The summed E-state index contributed by atoms with van der Waals surface area (Å²) in [5.41, 5.74) is 2.27. The van der Waals surface area contributed by atoms with Crippen molar-refractivity contribution >= 4 is 21.7 Å². The molecular formula is C24H24BrNO4. The van der Waals surface area contributed by atoms with E-state index in [4.69, 9.17) is 9.47 Å². The molecule has 5 nitrogen and oxygen atoms in total. The van der Waals surface area contributed by atoms with Crippen LogP contribution in [-0.4, -0.2) is 47.1 Å². The Morgan fingerprint density at radius 1 is 1.23 bits per heavy atom. The molecule has 2 aromatic rings. The first-order chi connectivity index (χ1) is 14.5. The number of hydrogen-bond donors (Lipinski definition) is 1. The average molecular weight is 470 g/mol. The third-order valence-electron chi connectivity index (χ3n) is 7.90. The number of piperidine rings is 1. The summed E-state index contributed by atoms with van der Waals surface area (Å²) >= 11 is 3.49. The first kappa shape index (κ1) is 18.8. The van der Waals surface area contributed by atoms with Gasteiger partial charge in [0, 0.05) is 22.5 Å². The molecule has 4 atom stereocenters. The molecule has 1 saturated carbocycles. The normalized spacial score (nSPS) is 33.9. The van der Waals surface area contributed by atoms with E-state index in [0.29, 0.717) is 25.2 Å². The van der Waals surface area contributed by atoms with Gasteiger partial charge in [0.25, 0.3) is 0 Å². The molecule has 2 heterocycles. The van der Waals surface area contributed by atoms with E-state index in [1.807, 2.05) is 18.2 Å². The average Bonchev–Trinajstić information content (AvgIpc) is 3.10. The molecule has 1 N–H and O–H groups in total. The van der Waals surface area contributed by atoms with Crippen LogP contribution in [0.1, 0.15) is 36.0 Å². The van der Waals surface area contributed by atoms with Crippen LogP contribution in [0.2, 0.25) is 0 Å². The Labute approximate surface area is 184 Å². The first-order valence-corrected chi connectivity index (χ1v) is 11.4. The summed E-state index contributed by atoms with van der Waals surface area (Å²) < 4.78 is 14.2. The molecule has 1 spiro atoms. The molecule has 6 rings (SSSR count). The number of carbonyl (C=O) groups excluding carboxylic acids is 1. The number of likely N-dealkylation sites (tertiary alicyclic amines) is 1. The largest absolute Gasteiger partial charge is 0.504 e. The number of rotatable bonds is 3. The van der Waals surface area contributed by atoms with E-state index in [9.17, 15) is 9.90 Å². The number of carbonyl (C=O) groups is 1. The molecule has 0 radical (unpaired) electrons. The van der Waals surface area contributed by atoms with Gasteiger partial charge in [0.1, 0.15) is 0 Å². The van der Waals surface area contributed by atoms with Crippen molar-refractivity contribution in [2.45, 2.75) is 55.5 Å². The Hall–Kier alpha value is -1.89. The number of hydrogen-bond acceptors (Lipinski definition) is 5. The van der Waals surface area contributed by atoms with E-state index in [1.165, 1.54) is 5.56 Å². The predicted octanol–water partition coefficient (Wildman–Crippen LogP) is 3.73. The van der Waals surface area contributed by atoms with Crippen molar-refractivity contribution in [3.63, 3.8) is 0 Å². The minimum atomic E-state index is -0.574. The molecular weight excluding hydrogens is 446 g/mol. The number of ether oxygens (including phenoxy) is 2. The monoisotopic (exact) mass is 469 g/mol. The lowest BCUT2D eigenvalue weighted by molar-refractivity contribution is -0.215. The highest BCUT2D eigenvalue weighted by Crippen LogP contribution is 2.65. The number of phenols is 1. The molecule has 2 bridgehead atoms. The van der Waals surface area contributed by atoms with Crippen molar-refractivity contribution in [2.24, 2.45) is 0 Å². The van der Waals surface area contributed by atoms with Crippen LogP contribution in [0.5, 0.6) is 11.5 Å². The van der Waals surface area contributed by atoms with Crippen LogP contribution < -0.4 is 4.74 Å². The van der Waals surface area contributed by atoms with Gasteiger partial charge in [-0.25, -0.2) is 0 Å². The molecule has 1 unspecified atom stereocenters. The lowest BCUT2D eigenvalue weighted by Gasteiger charge is -2.64. The zero-order valence-corrected chi connectivity index (χ0v) is 18.4. The van der Waals surface area contributed by atoms with E-state index in [2.05, 4.69) is 40.0 Å². The second kappa shape index (κ2) is 6.31. The minimum absolute atomic E-state index is 0.129. The van der Waals surface area contributed by atoms with Crippen LogP contribution in [0.25, 0.3) is 0 Å². The highest BCUT2D eigenvalue weighted by molar-refractivity contribution is 9.10. The van der Waals surface area contributed by atoms with Gasteiger partial charge in [-0.05, 0) is 62.2 Å². The molecule has 2 aromatic carbocycles. The summed E-state index contributed by atoms with van der Waals surface area (Å²) in [6.07, 6.45) is 2.19. The third kappa shape index (κ3) is 2.22. The highest BCUT2D eigenvalue weighted by Gasteiger charge is 2.73. The van der Waals surface area contributed by atoms with Gasteiger partial charge in [0.05, 0.1) is 17.6 Å². The maximum Gasteiger partial charge on any atom is 0.174 e. The van der Waals surface area contributed by atoms with Gasteiger partial charge in [-0.15, -0.1) is 0 Å². The minimum Gasteiger partial charge on any atom is -0.504 e. The zero-order valence-electron chi connectivity index (χ0n) is 16.9. The van der Waals surface area contributed by atoms with Crippen molar-refractivity contribution in [1.82, 2.24) is 4.90 Å². The molecule has 0 aromatic heterocycles. The van der Waals surface area contributed by atoms with Crippen molar-refractivity contribution in [2.75, 3.05) is 13.6 Å². The Morgan fingerprint density at radius 3 is 2.83 bits per heavy atom. The van der Waals surface area contributed by atoms with E-state index >= 15 is 0 Å². The number of nitrogens with zero attached hydrogens (tertiary/aromatic N) is 1. The molecule has 6 heteroatoms. The molecule has 2 fully saturated rings. The highest BCUT2D eigenvalue weighted by atomic mass is 79.9. The van der Waals surface area contributed by atoms with Crippen LogP contribution in [0.15, 0.2) is 40.9 Å². The van der Waals surface area contributed by atoms with Crippen LogP contribution >= 0.6 is 15.9 Å². The zero-order chi connectivity index (χ0) is 20.7. The van der Waals surface area contributed by atoms with Gasteiger partial charge < -0.3 is 19.5 Å². The topological polar surface area (TPSA) is 59.0 Å². The van der Waals surface area contributed by atoms with Gasteiger partial charge >= 0.3 is 0 Å². The lowest BCUT2D eigenvalue weighted by atomic mass is 9.49. The number of aromatic hydroxyl groups is 1. The third-order valence-corrected chi connectivity index (χ3v) is 8.42. The van der Waals surface area contributed by atoms with Gasteiger partial charge in [0.2, 0.25) is 0 Å². The maximum atomic E-state index is 13.1. The SMILES string of the molecule is CN1CC[C@]23c4c5ccc(O)c4O[C@H]2C(=O)CC[C@@]3(OCc2ccc(Br)cc2)C1C5. The summed E-state index contributed by atoms with van der Waals surface area (Å²) in [5.74, 6) is 0.765. The fraction of sp³-hybridized carbons (Fsp3) is 0.458. The Morgan fingerprint density at radius 2 is 2.03 bits per heavy atom. The maximum absolute atomic E-state index is 13.1. The van der Waals surface area contributed by atoms with Gasteiger partial charge in [0.15, 0.2) is 23.4 Å².